The van der Waals surface area contributed by atoms with Crippen LogP contribution in [0.3, 0.4) is 0 Å². The lowest BCUT2D eigenvalue weighted by Gasteiger charge is -2.33. The lowest BCUT2D eigenvalue weighted by atomic mass is 9.70. The van der Waals surface area contributed by atoms with E-state index in [0.717, 1.165) is 0 Å². The number of nitrogens with zero attached hydrogens (tertiary/aromatic N) is 1. The molecule has 3 aliphatic carbocycles. The molecule has 55 heavy (non-hydrogen) atoms. The molecule has 0 saturated carbocycles. The van der Waals surface area contributed by atoms with E-state index in [1.165, 1.54) is 106 Å². The Bertz CT molecular complexity index is 2790. The zero-order chi connectivity index (χ0) is 37.1. The highest BCUT2D eigenvalue weighted by Gasteiger charge is 2.51. The molecule has 0 aliphatic heterocycles. The third-order valence-electron chi connectivity index (χ3n) is 12.9. The second kappa shape index (κ2) is 11.5. The molecule has 0 heterocycles. The van der Waals surface area contributed by atoms with Crippen molar-refractivity contribution < 1.29 is 0 Å². The summed E-state index contributed by atoms with van der Waals surface area (Å²) in [6.45, 7) is 9.32. The van der Waals surface area contributed by atoms with Crippen LogP contribution in [0.25, 0.3) is 44.5 Å². The Hall–Kier alpha value is -6.44. The molecule has 0 atom stereocenters. The molecule has 1 nitrogen and oxygen atoms in total. The SMILES string of the molecule is Cc1cc(-c2ccccc2)cc(C)c1N(c1ccc2c(c1)C(C)(C)c1ccccc1-2)c1ccc2c(c1)C1(c3ccccc3-c3ccccc31)c1ccccc1-2. The van der Waals surface area contributed by atoms with Gasteiger partial charge in [-0.2, -0.15) is 0 Å². The normalized spacial score (nSPS) is 14.5. The van der Waals surface area contributed by atoms with Gasteiger partial charge in [0.15, 0.2) is 0 Å². The maximum atomic E-state index is 2.54. The predicted octanol–water partition coefficient (Wildman–Crippen LogP) is 14.1. The standard InChI is InChI=1S/C54H41N/c1-34-30-37(36-16-6-5-7-17-36)31-35(2)52(34)55(38-26-28-44-40-18-8-12-22-46(40)53(3,4)50(44)32-38)39-27-29-45-43-21-11-15-25-49(43)54(51(45)33-39)47-23-13-9-19-41(47)42-20-10-14-24-48(42)54/h5-33H,1-4H3. The summed E-state index contributed by atoms with van der Waals surface area (Å²) in [4.78, 5) is 2.54. The fourth-order valence-corrected chi connectivity index (χ4v) is 10.6. The first kappa shape index (κ1) is 32.0. The first-order chi connectivity index (χ1) is 26.9. The van der Waals surface area contributed by atoms with Gasteiger partial charge in [0.05, 0.1) is 11.1 Å². The number of hydrogen-bond acceptors (Lipinski definition) is 1. The molecule has 0 radical (unpaired) electrons. The van der Waals surface area contributed by atoms with Gasteiger partial charge >= 0.3 is 0 Å². The Morgan fingerprint density at radius 1 is 0.345 bits per heavy atom. The molecule has 1 spiro atoms. The van der Waals surface area contributed by atoms with Crippen LogP contribution >= 0.6 is 0 Å². The molecule has 0 N–H and O–H groups in total. The van der Waals surface area contributed by atoms with E-state index in [0.29, 0.717) is 0 Å². The maximum Gasteiger partial charge on any atom is 0.0726 e. The largest absolute Gasteiger partial charge is 0.310 e. The van der Waals surface area contributed by atoms with Gasteiger partial charge in [-0.15, -0.1) is 0 Å². The zero-order valence-electron chi connectivity index (χ0n) is 31.7. The molecule has 0 bridgehead atoms. The van der Waals surface area contributed by atoms with Crippen molar-refractivity contribution in [1.29, 1.82) is 0 Å². The molecule has 0 fully saturated rings. The number of anilines is 3. The summed E-state index contributed by atoms with van der Waals surface area (Å²) in [5.74, 6) is 0. The number of aryl methyl sites for hydroxylation is 2. The summed E-state index contributed by atoms with van der Waals surface area (Å²) in [5, 5.41) is 0. The minimum absolute atomic E-state index is 0.115. The van der Waals surface area contributed by atoms with Crippen molar-refractivity contribution in [2.75, 3.05) is 4.90 Å². The van der Waals surface area contributed by atoms with E-state index >= 15 is 0 Å². The maximum absolute atomic E-state index is 2.54. The van der Waals surface area contributed by atoms with E-state index in [-0.39, 0.29) is 5.41 Å². The van der Waals surface area contributed by atoms with Gasteiger partial charge in [0, 0.05) is 16.8 Å². The molecule has 11 rings (SSSR count). The minimum atomic E-state index is -0.413. The Labute approximate surface area is 324 Å². The molecule has 1 heteroatoms. The van der Waals surface area contributed by atoms with Crippen LogP contribution in [0.5, 0.6) is 0 Å². The summed E-state index contributed by atoms with van der Waals surface area (Å²) in [5.41, 5.74) is 24.2. The molecular weight excluding hydrogens is 663 g/mol. The van der Waals surface area contributed by atoms with Crippen LogP contribution in [0.2, 0.25) is 0 Å². The Balaban J connectivity index is 1.18. The van der Waals surface area contributed by atoms with Crippen molar-refractivity contribution >= 4 is 17.1 Å². The van der Waals surface area contributed by atoms with Crippen LogP contribution in [0.1, 0.15) is 58.4 Å². The second-order valence-electron chi connectivity index (χ2n) is 16.2. The van der Waals surface area contributed by atoms with Gasteiger partial charge in [-0.3, -0.25) is 0 Å². The first-order valence-electron chi connectivity index (χ1n) is 19.5. The smallest absolute Gasteiger partial charge is 0.0726 e. The fourth-order valence-electron chi connectivity index (χ4n) is 10.6. The van der Waals surface area contributed by atoms with E-state index in [1.807, 2.05) is 0 Å². The Kier molecular flexibility index (Phi) is 6.72. The van der Waals surface area contributed by atoms with Crippen LogP contribution in [-0.2, 0) is 10.8 Å². The highest BCUT2D eigenvalue weighted by molar-refractivity contribution is 5.97. The van der Waals surface area contributed by atoms with Gasteiger partial charge in [-0.05, 0) is 139 Å². The lowest BCUT2D eigenvalue weighted by molar-refractivity contribution is 0.660. The molecule has 0 aromatic heterocycles. The average molecular weight is 704 g/mol. The molecule has 8 aromatic rings. The highest BCUT2D eigenvalue weighted by Crippen LogP contribution is 2.63. The zero-order valence-corrected chi connectivity index (χ0v) is 31.7. The van der Waals surface area contributed by atoms with Gasteiger partial charge in [0.25, 0.3) is 0 Å². The van der Waals surface area contributed by atoms with Gasteiger partial charge < -0.3 is 4.90 Å². The topological polar surface area (TPSA) is 3.24 Å². The van der Waals surface area contributed by atoms with Gasteiger partial charge in [-0.1, -0.05) is 153 Å². The molecule has 0 unspecified atom stereocenters. The van der Waals surface area contributed by atoms with Crippen molar-refractivity contribution in [3.8, 4) is 44.5 Å². The lowest BCUT2D eigenvalue weighted by Crippen LogP contribution is -2.26. The monoisotopic (exact) mass is 703 g/mol. The van der Waals surface area contributed by atoms with Crippen molar-refractivity contribution in [2.45, 2.75) is 38.5 Å². The van der Waals surface area contributed by atoms with Gasteiger partial charge in [0.1, 0.15) is 0 Å². The summed E-state index contributed by atoms with van der Waals surface area (Å²) in [6, 6.07) is 66.1. The van der Waals surface area contributed by atoms with Crippen molar-refractivity contribution in [3.05, 3.63) is 220 Å². The summed E-state index contributed by atoms with van der Waals surface area (Å²) < 4.78 is 0. The Morgan fingerprint density at radius 2 is 0.745 bits per heavy atom. The van der Waals surface area contributed by atoms with Crippen LogP contribution in [0.15, 0.2) is 176 Å². The third kappa shape index (κ3) is 4.30. The van der Waals surface area contributed by atoms with Gasteiger partial charge in [0.2, 0.25) is 0 Å². The van der Waals surface area contributed by atoms with Crippen LogP contribution in [0, 0.1) is 13.8 Å². The highest BCUT2D eigenvalue weighted by atomic mass is 15.1. The quantitative estimate of drug-likeness (QED) is 0.176. The molecule has 8 aromatic carbocycles. The van der Waals surface area contributed by atoms with Crippen molar-refractivity contribution in [3.63, 3.8) is 0 Å². The molecule has 262 valence electrons. The first-order valence-corrected chi connectivity index (χ1v) is 19.5. The van der Waals surface area contributed by atoms with Crippen molar-refractivity contribution in [2.24, 2.45) is 0 Å². The van der Waals surface area contributed by atoms with E-state index in [4.69, 9.17) is 0 Å². The number of fused-ring (bicyclic) bond motifs is 13. The van der Waals surface area contributed by atoms with E-state index in [2.05, 4.69) is 209 Å². The minimum Gasteiger partial charge on any atom is -0.310 e. The summed E-state index contributed by atoms with van der Waals surface area (Å²) >= 11 is 0. The van der Waals surface area contributed by atoms with Crippen LogP contribution < -0.4 is 4.90 Å². The molecule has 0 saturated heterocycles. The van der Waals surface area contributed by atoms with E-state index < -0.39 is 5.41 Å². The second-order valence-corrected chi connectivity index (χ2v) is 16.2. The van der Waals surface area contributed by atoms with E-state index in [1.54, 1.807) is 0 Å². The summed E-state index contributed by atoms with van der Waals surface area (Å²) in [6.07, 6.45) is 0. The number of rotatable bonds is 4. The average Bonchev–Trinajstić information content (AvgIpc) is 3.78. The number of benzene rings is 8. The molecular formula is C54H41N. The van der Waals surface area contributed by atoms with Gasteiger partial charge in [-0.25, -0.2) is 0 Å². The van der Waals surface area contributed by atoms with E-state index in [9.17, 15) is 0 Å². The van der Waals surface area contributed by atoms with Crippen molar-refractivity contribution in [1.82, 2.24) is 0 Å². The predicted molar refractivity (Wildman–Crippen MR) is 230 cm³/mol. The Morgan fingerprint density at radius 3 is 1.27 bits per heavy atom. The third-order valence-corrected chi connectivity index (χ3v) is 12.9. The van der Waals surface area contributed by atoms with Crippen LogP contribution in [0.4, 0.5) is 17.1 Å². The molecule has 3 aliphatic rings. The number of hydrogen-bond donors (Lipinski definition) is 0. The van der Waals surface area contributed by atoms with Crippen LogP contribution in [-0.4, -0.2) is 0 Å². The molecule has 0 amide bonds. The summed E-state index contributed by atoms with van der Waals surface area (Å²) in [7, 11) is 0. The fraction of sp³-hybridized carbons (Fsp3) is 0.111.